The quantitative estimate of drug-likeness (QED) is 0.531. The molecule has 3 nitrogen and oxygen atoms in total. The number of carbonyl (C=O) groups is 1. The molecule has 1 aliphatic rings. The maximum atomic E-state index is 13.3. The number of allylic oxidation sites excluding steroid dienone is 2. The molecule has 0 aliphatic heterocycles. The highest BCUT2D eigenvalue weighted by Gasteiger charge is 2.21. The predicted octanol–water partition coefficient (Wildman–Crippen LogP) is 1.79. The van der Waals surface area contributed by atoms with Gasteiger partial charge in [0.25, 0.3) is 0 Å². The SMILES string of the molecule is COC(=O)[C@@H](F)CN(C)C[C@@H]1CC=CCC1. The van der Waals surface area contributed by atoms with Crippen LogP contribution in [0.1, 0.15) is 19.3 Å². The lowest BCUT2D eigenvalue weighted by molar-refractivity contribution is -0.147. The highest BCUT2D eigenvalue weighted by molar-refractivity contribution is 5.74. The van der Waals surface area contributed by atoms with E-state index in [4.69, 9.17) is 0 Å². The summed E-state index contributed by atoms with van der Waals surface area (Å²) in [6, 6.07) is 0. The number of esters is 1. The first-order valence-corrected chi connectivity index (χ1v) is 5.69. The maximum absolute atomic E-state index is 13.3. The van der Waals surface area contributed by atoms with Crippen molar-refractivity contribution in [2.75, 3.05) is 27.2 Å². The van der Waals surface area contributed by atoms with Crippen LogP contribution in [0, 0.1) is 5.92 Å². The Hall–Kier alpha value is -0.900. The van der Waals surface area contributed by atoms with Crippen molar-refractivity contribution in [2.24, 2.45) is 5.92 Å². The summed E-state index contributed by atoms with van der Waals surface area (Å²) in [6.07, 6.45) is 6.14. The van der Waals surface area contributed by atoms with Gasteiger partial charge in [-0.15, -0.1) is 0 Å². The van der Waals surface area contributed by atoms with Crippen molar-refractivity contribution < 1.29 is 13.9 Å². The fourth-order valence-corrected chi connectivity index (χ4v) is 2.01. The number of hydrogen-bond acceptors (Lipinski definition) is 3. The summed E-state index contributed by atoms with van der Waals surface area (Å²) >= 11 is 0. The van der Waals surface area contributed by atoms with E-state index in [1.54, 1.807) is 0 Å². The van der Waals surface area contributed by atoms with Gasteiger partial charge in [0.15, 0.2) is 0 Å². The number of ether oxygens (including phenoxy) is 1. The number of alkyl halides is 1. The van der Waals surface area contributed by atoms with E-state index >= 15 is 0 Å². The lowest BCUT2D eigenvalue weighted by atomic mass is 9.94. The Kier molecular flexibility index (Phi) is 5.46. The van der Waals surface area contributed by atoms with Gasteiger partial charge in [-0.25, -0.2) is 9.18 Å². The van der Waals surface area contributed by atoms with Gasteiger partial charge in [-0.2, -0.15) is 0 Å². The van der Waals surface area contributed by atoms with E-state index in [0.717, 1.165) is 25.8 Å². The topological polar surface area (TPSA) is 29.5 Å². The normalized spacial score (nSPS) is 22.1. The Morgan fingerprint density at radius 2 is 2.38 bits per heavy atom. The van der Waals surface area contributed by atoms with Crippen molar-refractivity contribution in [1.82, 2.24) is 4.90 Å². The summed E-state index contributed by atoms with van der Waals surface area (Å²) in [5.41, 5.74) is 0. The number of halogens is 1. The van der Waals surface area contributed by atoms with Crippen LogP contribution in [0.15, 0.2) is 12.2 Å². The molecule has 0 fully saturated rings. The minimum absolute atomic E-state index is 0.118. The van der Waals surface area contributed by atoms with E-state index in [1.165, 1.54) is 7.11 Å². The van der Waals surface area contributed by atoms with Crippen molar-refractivity contribution >= 4 is 5.97 Å². The molecule has 0 aromatic carbocycles. The van der Waals surface area contributed by atoms with Crippen LogP contribution in [0.2, 0.25) is 0 Å². The van der Waals surface area contributed by atoms with Gasteiger partial charge in [-0.3, -0.25) is 0 Å². The summed E-state index contributed by atoms with van der Waals surface area (Å²) in [5.74, 6) is -0.199. The fraction of sp³-hybridized carbons (Fsp3) is 0.750. The number of methoxy groups -OCH3 is 1. The molecule has 0 heterocycles. The van der Waals surface area contributed by atoms with Gasteiger partial charge in [-0.1, -0.05) is 12.2 Å². The minimum Gasteiger partial charge on any atom is -0.467 e. The number of carbonyl (C=O) groups excluding carboxylic acids is 1. The second-order valence-electron chi connectivity index (χ2n) is 4.36. The van der Waals surface area contributed by atoms with Gasteiger partial charge in [0.2, 0.25) is 6.17 Å². The van der Waals surface area contributed by atoms with Gasteiger partial charge in [-0.05, 0) is 32.2 Å². The van der Waals surface area contributed by atoms with E-state index in [2.05, 4.69) is 16.9 Å². The molecule has 92 valence electrons. The van der Waals surface area contributed by atoms with E-state index in [-0.39, 0.29) is 6.54 Å². The Morgan fingerprint density at radius 3 is 2.94 bits per heavy atom. The number of rotatable bonds is 5. The summed E-state index contributed by atoms with van der Waals surface area (Å²) in [5, 5.41) is 0. The predicted molar refractivity (Wildman–Crippen MR) is 60.9 cm³/mol. The molecular weight excluding hydrogens is 209 g/mol. The van der Waals surface area contributed by atoms with E-state index in [0.29, 0.717) is 5.92 Å². The van der Waals surface area contributed by atoms with E-state index in [1.807, 2.05) is 11.9 Å². The van der Waals surface area contributed by atoms with Crippen molar-refractivity contribution in [3.63, 3.8) is 0 Å². The summed E-state index contributed by atoms with van der Waals surface area (Å²) < 4.78 is 17.6. The van der Waals surface area contributed by atoms with Crippen LogP contribution in [0.3, 0.4) is 0 Å². The third-order valence-electron chi connectivity index (χ3n) is 2.88. The van der Waals surface area contributed by atoms with Crippen LogP contribution in [0.4, 0.5) is 4.39 Å². The van der Waals surface area contributed by atoms with E-state index in [9.17, 15) is 9.18 Å². The molecule has 0 saturated carbocycles. The van der Waals surface area contributed by atoms with Crippen LogP contribution < -0.4 is 0 Å². The van der Waals surface area contributed by atoms with Crippen LogP contribution in [0.5, 0.6) is 0 Å². The molecule has 0 saturated heterocycles. The van der Waals surface area contributed by atoms with Gasteiger partial charge in [0, 0.05) is 13.1 Å². The lowest BCUT2D eigenvalue weighted by Crippen LogP contribution is -2.35. The summed E-state index contributed by atoms with van der Waals surface area (Å²) in [7, 11) is 3.05. The minimum atomic E-state index is -1.53. The summed E-state index contributed by atoms with van der Waals surface area (Å²) in [6.45, 7) is 0.953. The third kappa shape index (κ3) is 4.31. The molecule has 1 rings (SSSR count). The second-order valence-corrected chi connectivity index (χ2v) is 4.36. The Labute approximate surface area is 96.3 Å². The van der Waals surface area contributed by atoms with Crippen LogP contribution >= 0.6 is 0 Å². The Morgan fingerprint density at radius 1 is 1.62 bits per heavy atom. The van der Waals surface area contributed by atoms with Gasteiger partial charge >= 0.3 is 5.97 Å². The molecule has 0 aromatic heterocycles. The molecule has 1 aliphatic carbocycles. The molecule has 0 spiro atoms. The molecule has 16 heavy (non-hydrogen) atoms. The highest BCUT2D eigenvalue weighted by atomic mass is 19.1. The first kappa shape index (κ1) is 13.2. The monoisotopic (exact) mass is 229 g/mol. The largest absolute Gasteiger partial charge is 0.467 e. The molecular formula is C12H20FNO2. The molecule has 4 heteroatoms. The van der Waals surface area contributed by atoms with Crippen LogP contribution in [-0.2, 0) is 9.53 Å². The fourth-order valence-electron chi connectivity index (χ4n) is 2.01. The van der Waals surface area contributed by atoms with Crippen molar-refractivity contribution in [3.05, 3.63) is 12.2 Å². The Bertz CT molecular complexity index is 255. The average Bonchev–Trinajstić information content (AvgIpc) is 2.29. The second kappa shape index (κ2) is 6.63. The van der Waals surface area contributed by atoms with E-state index < -0.39 is 12.1 Å². The molecule has 0 N–H and O–H groups in total. The Balaban J connectivity index is 2.26. The van der Waals surface area contributed by atoms with Gasteiger partial charge < -0.3 is 9.64 Å². The van der Waals surface area contributed by atoms with Crippen molar-refractivity contribution in [1.29, 1.82) is 0 Å². The highest BCUT2D eigenvalue weighted by Crippen LogP contribution is 2.18. The number of hydrogen-bond donors (Lipinski definition) is 0. The first-order valence-electron chi connectivity index (χ1n) is 5.69. The summed E-state index contributed by atoms with van der Waals surface area (Å²) in [4.78, 5) is 12.8. The molecule has 0 radical (unpaired) electrons. The van der Waals surface area contributed by atoms with Gasteiger partial charge in [0.1, 0.15) is 0 Å². The third-order valence-corrected chi connectivity index (χ3v) is 2.88. The number of nitrogens with zero attached hydrogens (tertiary/aromatic N) is 1. The smallest absolute Gasteiger partial charge is 0.341 e. The molecule has 0 aromatic rings. The first-order chi connectivity index (χ1) is 7.63. The van der Waals surface area contributed by atoms with Crippen LogP contribution in [0.25, 0.3) is 0 Å². The zero-order valence-corrected chi connectivity index (χ0v) is 9.99. The zero-order chi connectivity index (χ0) is 12.0. The van der Waals surface area contributed by atoms with Crippen molar-refractivity contribution in [3.8, 4) is 0 Å². The average molecular weight is 229 g/mol. The molecule has 2 atom stereocenters. The van der Waals surface area contributed by atoms with Crippen LogP contribution in [-0.4, -0.2) is 44.3 Å². The molecule has 0 bridgehead atoms. The maximum Gasteiger partial charge on any atom is 0.341 e. The lowest BCUT2D eigenvalue weighted by Gasteiger charge is -2.25. The van der Waals surface area contributed by atoms with Gasteiger partial charge in [0.05, 0.1) is 7.11 Å². The standard InChI is InChI=1S/C12H20FNO2/c1-14(9-11(13)12(15)16-2)8-10-6-4-3-5-7-10/h3-4,10-11H,5-9H2,1-2H3/t10-,11+/m1/s1. The zero-order valence-electron chi connectivity index (χ0n) is 9.99. The molecule has 0 unspecified atom stereocenters. The molecule has 0 amide bonds. The van der Waals surface area contributed by atoms with Crippen molar-refractivity contribution in [2.45, 2.75) is 25.4 Å².